The highest BCUT2D eigenvalue weighted by atomic mass is 15.2. The van der Waals surface area contributed by atoms with Crippen molar-refractivity contribution < 1.29 is 0 Å². The number of nitrogens with zero attached hydrogens (tertiary/aromatic N) is 4. The van der Waals surface area contributed by atoms with E-state index in [4.69, 9.17) is 9.98 Å². The number of hydrogen-bond donors (Lipinski definition) is 1. The molecule has 1 N–H and O–H groups in total. The summed E-state index contributed by atoms with van der Waals surface area (Å²) in [5, 5.41) is 8.75. The molecule has 298 valence electrons. The number of benzene rings is 9. The maximum Gasteiger partial charge on any atom is 0.159 e. The lowest BCUT2D eigenvalue weighted by Gasteiger charge is -2.34. The predicted molar refractivity (Wildman–Crippen MR) is 262 cm³/mol. The molecule has 0 fully saturated rings. The lowest BCUT2D eigenvalue weighted by molar-refractivity contribution is 0.454. The Morgan fingerprint density at radius 1 is 0.413 bits per heavy atom. The number of aliphatic imine (C=N–C) groups is 2. The molecule has 1 atom stereocenters. The van der Waals surface area contributed by atoms with Gasteiger partial charge in [-0.15, -0.1) is 0 Å². The van der Waals surface area contributed by atoms with Crippen molar-refractivity contribution in [3.63, 3.8) is 0 Å². The van der Waals surface area contributed by atoms with Crippen molar-refractivity contribution in [2.45, 2.75) is 12.6 Å². The van der Waals surface area contributed by atoms with Crippen molar-refractivity contribution in [3.8, 4) is 33.6 Å². The summed E-state index contributed by atoms with van der Waals surface area (Å²) >= 11 is 0. The SMILES string of the molecule is C[C@]1(c2ccccc2-n2c3ccccc3c3ccccc32)N=C(c2ccccc2)N=C(c2cccc(-c3cccc4c3c3cc(-c5ccccc5)ccc3n4-c3ccccc3)c2)N1. The van der Waals surface area contributed by atoms with E-state index in [9.17, 15) is 0 Å². The van der Waals surface area contributed by atoms with E-state index in [2.05, 4.69) is 240 Å². The van der Waals surface area contributed by atoms with Gasteiger partial charge in [-0.25, -0.2) is 9.98 Å². The summed E-state index contributed by atoms with van der Waals surface area (Å²) in [6, 6.07) is 79.9. The first kappa shape index (κ1) is 36.6. The lowest BCUT2D eigenvalue weighted by atomic mass is 9.95. The highest BCUT2D eigenvalue weighted by Gasteiger charge is 2.35. The maximum atomic E-state index is 5.48. The van der Waals surface area contributed by atoms with Crippen LogP contribution in [0.5, 0.6) is 0 Å². The number of fused-ring (bicyclic) bond motifs is 6. The van der Waals surface area contributed by atoms with Crippen molar-refractivity contribution in [1.29, 1.82) is 0 Å². The smallest absolute Gasteiger partial charge is 0.159 e. The molecule has 2 aromatic heterocycles. The molecular weight excluding hydrogens is 767 g/mol. The number of para-hydroxylation sites is 4. The largest absolute Gasteiger partial charge is 0.342 e. The second kappa shape index (κ2) is 14.7. The van der Waals surface area contributed by atoms with E-state index in [0.717, 1.165) is 61.6 Å². The van der Waals surface area contributed by atoms with Crippen LogP contribution >= 0.6 is 0 Å². The third-order valence-electron chi connectivity index (χ3n) is 12.5. The molecule has 11 aromatic rings. The summed E-state index contributed by atoms with van der Waals surface area (Å²) in [4.78, 5) is 10.8. The van der Waals surface area contributed by atoms with Gasteiger partial charge in [0, 0.05) is 43.9 Å². The standard InChI is InChI=1S/C58H41N5/c1-58(49-30-13-16-33-53(49)63-50-31-14-11-27-46(50)47-28-12-15-32-51(47)63)60-56(40-21-7-3-8-22-40)59-57(61-58)43-24-17-23-42(37-43)45-29-18-34-54-55(45)48-38-41(39-19-5-2-6-20-39)35-36-52(48)62(54)44-25-9-4-10-26-44/h2-38H,1H3,(H,59,60,61)/t58-/m0/s1. The van der Waals surface area contributed by atoms with E-state index >= 15 is 0 Å². The number of aromatic nitrogens is 2. The molecule has 0 aliphatic carbocycles. The van der Waals surface area contributed by atoms with Gasteiger partial charge >= 0.3 is 0 Å². The van der Waals surface area contributed by atoms with Gasteiger partial charge in [0.1, 0.15) is 5.84 Å². The molecule has 1 aliphatic rings. The van der Waals surface area contributed by atoms with Gasteiger partial charge in [-0.3, -0.25) is 0 Å². The van der Waals surface area contributed by atoms with E-state index in [1.165, 1.54) is 38.2 Å². The van der Waals surface area contributed by atoms with Gasteiger partial charge in [-0.1, -0.05) is 170 Å². The van der Waals surface area contributed by atoms with E-state index in [0.29, 0.717) is 5.84 Å². The molecular formula is C58H41N5. The summed E-state index contributed by atoms with van der Waals surface area (Å²) in [5.74, 6) is 1.44. The Morgan fingerprint density at radius 2 is 0.984 bits per heavy atom. The van der Waals surface area contributed by atoms with Crippen LogP contribution in [0.3, 0.4) is 0 Å². The third-order valence-corrected chi connectivity index (χ3v) is 12.5. The molecule has 0 bridgehead atoms. The summed E-state index contributed by atoms with van der Waals surface area (Å²) in [7, 11) is 0. The Balaban J connectivity index is 1.03. The second-order valence-electron chi connectivity index (χ2n) is 16.4. The van der Waals surface area contributed by atoms with E-state index in [1.54, 1.807) is 0 Å². The summed E-state index contributed by atoms with van der Waals surface area (Å²) < 4.78 is 4.77. The van der Waals surface area contributed by atoms with Crippen molar-refractivity contribution in [1.82, 2.24) is 14.5 Å². The van der Waals surface area contributed by atoms with Crippen LogP contribution in [0.15, 0.2) is 234 Å². The van der Waals surface area contributed by atoms with Gasteiger partial charge in [-0.05, 0) is 83.8 Å². The lowest BCUT2D eigenvalue weighted by Crippen LogP contribution is -2.46. The van der Waals surface area contributed by atoms with Crippen LogP contribution in [0.25, 0.3) is 77.2 Å². The number of nitrogens with one attached hydrogen (secondary N) is 1. The maximum absolute atomic E-state index is 5.48. The van der Waals surface area contributed by atoms with Crippen LogP contribution < -0.4 is 5.32 Å². The molecule has 9 aromatic carbocycles. The zero-order chi connectivity index (χ0) is 41.9. The number of hydrogen-bond acceptors (Lipinski definition) is 3. The minimum atomic E-state index is -0.891. The molecule has 0 saturated carbocycles. The van der Waals surface area contributed by atoms with Crippen LogP contribution in [0.1, 0.15) is 23.6 Å². The molecule has 5 heteroatoms. The zero-order valence-electron chi connectivity index (χ0n) is 34.7. The second-order valence-corrected chi connectivity index (χ2v) is 16.4. The average molecular weight is 808 g/mol. The summed E-state index contributed by atoms with van der Waals surface area (Å²) in [5.41, 5.74) is 13.6. The third kappa shape index (κ3) is 6.08. The first-order valence-electron chi connectivity index (χ1n) is 21.5. The van der Waals surface area contributed by atoms with Crippen molar-refractivity contribution in [2.75, 3.05) is 0 Å². The van der Waals surface area contributed by atoms with Crippen molar-refractivity contribution in [3.05, 3.63) is 241 Å². The molecule has 0 spiro atoms. The molecule has 0 saturated heterocycles. The van der Waals surface area contributed by atoms with Crippen LogP contribution in [-0.2, 0) is 5.66 Å². The molecule has 0 unspecified atom stereocenters. The number of rotatable bonds is 7. The molecule has 0 radical (unpaired) electrons. The Labute approximate surface area is 365 Å². The fourth-order valence-corrected chi connectivity index (χ4v) is 9.68. The molecule has 3 heterocycles. The molecule has 0 amide bonds. The number of amidine groups is 2. The van der Waals surface area contributed by atoms with Crippen LogP contribution in [0, 0.1) is 0 Å². The van der Waals surface area contributed by atoms with Crippen molar-refractivity contribution in [2.24, 2.45) is 9.98 Å². The van der Waals surface area contributed by atoms with Gasteiger partial charge in [0.2, 0.25) is 0 Å². The fourth-order valence-electron chi connectivity index (χ4n) is 9.68. The first-order valence-corrected chi connectivity index (χ1v) is 21.5. The summed E-state index contributed by atoms with van der Waals surface area (Å²) in [6.45, 7) is 2.17. The van der Waals surface area contributed by atoms with Gasteiger partial charge in [0.25, 0.3) is 0 Å². The minimum Gasteiger partial charge on any atom is -0.342 e. The monoisotopic (exact) mass is 807 g/mol. The normalized spacial score (nSPS) is 15.1. The van der Waals surface area contributed by atoms with Crippen LogP contribution in [-0.4, -0.2) is 20.8 Å². The van der Waals surface area contributed by atoms with E-state index < -0.39 is 5.66 Å². The minimum absolute atomic E-state index is 0.677. The molecule has 5 nitrogen and oxygen atoms in total. The molecule has 12 rings (SSSR count). The average Bonchev–Trinajstić information content (AvgIpc) is 3.87. The Kier molecular flexibility index (Phi) is 8.54. The van der Waals surface area contributed by atoms with Crippen LogP contribution in [0.4, 0.5) is 0 Å². The van der Waals surface area contributed by atoms with E-state index in [-0.39, 0.29) is 0 Å². The highest BCUT2D eigenvalue weighted by Crippen LogP contribution is 2.42. The Hall–Kier alpha value is -8.28. The fraction of sp³-hybridized carbons (Fsp3) is 0.0345. The molecule has 1 aliphatic heterocycles. The quantitative estimate of drug-likeness (QED) is 0.171. The molecule has 63 heavy (non-hydrogen) atoms. The van der Waals surface area contributed by atoms with E-state index in [1.807, 2.05) is 6.07 Å². The Bertz CT molecular complexity index is 3540. The predicted octanol–water partition coefficient (Wildman–Crippen LogP) is 13.9. The highest BCUT2D eigenvalue weighted by molar-refractivity contribution is 6.18. The first-order chi connectivity index (χ1) is 31.1. The van der Waals surface area contributed by atoms with Gasteiger partial charge in [0.05, 0.1) is 27.8 Å². The van der Waals surface area contributed by atoms with Gasteiger partial charge in [-0.2, -0.15) is 0 Å². The van der Waals surface area contributed by atoms with Crippen LogP contribution in [0.2, 0.25) is 0 Å². The topological polar surface area (TPSA) is 46.6 Å². The zero-order valence-corrected chi connectivity index (χ0v) is 34.7. The van der Waals surface area contributed by atoms with Gasteiger partial charge in [0.15, 0.2) is 11.5 Å². The van der Waals surface area contributed by atoms with Crippen molar-refractivity contribution >= 4 is 55.3 Å². The van der Waals surface area contributed by atoms with Gasteiger partial charge < -0.3 is 14.5 Å². The summed E-state index contributed by atoms with van der Waals surface area (Å²) in [6.07, 6.45) is 0. The Morgan fingerprint density at radius 3 is 1.73 bits per heavy atom.